The summed E-state index contributed by atoms with van der Waals surface area (Å²) in [5.74, 6) is 2.66. The highest BCUT2D eigenvalue weighted by Gasteiger charge is 2.34. The number of rotatable bonds is 10. The van der Waals surface area contributed by atoms with Crippen LogP contribution in [0, 0.1) is 0 Å². The van der Waals surface area contributed by atoms with Gasteiger partial charge in [-0.2, -0.15) is 4.98 Å². The Morgan fingerprint density at radius 1 is 1.09 bits per heavy atom. The lowest BCUT2D eigenvalue weighted by Crippen LogP contribution is -2.24. The largest absolute Gasteiger partial charge is 0.494 e. The van der Waals surface area contributed by atoms with Gasteiger partial charge in [0.1, 0.15) is 11.5 Å². The Morgan fingerprint density at radius 3 is 2.69 bits per heavy atom. The van der Waals surface area contributed by atoms with E-state index in [2.05, 4.69) is 17.1 Å². The zero-order valence-corrected chi connectivity index (χ0v) is 18.6. The van der Waals surface area contributed by atoms with Gasteiger partial charge in [-0.05, 0) is 43.7 Å². The predicted octanol–water partition coefficient (Wildman–Crippen LogP) is 4.83. The summed E-state index contributed by atoms with van der Waals surface area (Å²) in [4.78, 5) is 19.0. The van der Waals surface area contributed by atoms with Crippen molar-refractivity contribution in [2.75, 3.05) is 19.8 Å². The molecule has 1 atom stereocenters. The van der Waals surface area contributed by atoms with E-state index in [0.717, 1.165) is 35.5 Å². The molecule has 1 unspecified atom stereocenters. The van der Waals surface area contributed by atoms with Gasteiger partial charge in [-0.3, -0.25) is 4.79 Å². The molecule has 1 saturated heterocycles. The van der Waals surface area contributed by atoms with Crippen molar-refractivity contribution in [2.45, 2.75) is 45.6 Å². The third kappa shape index (κ3) is 5.10. The smallest absolute Gasteiger partial charge is 0.257 e. The summed E-state index contributed by atoms with van der Waals surface area (Å²) >= 11 is 0. The van der Waals surface area contributed by atoms with Crippen molar-refractivity contribution in [1.29, 1.82) is 0 Å². The topological polar surface area (TPSA) is 77.7 Å². The molecule has 1 aliphatic rings. The van der Waals surface area contributed by atoms with E-state index in [0.29, 0.717) is 44.4 Å². The fourth-order valence-corrected chi connectivity index (χ4v) is 3.78. The van der Waals surface area contributed by atoms with Crippen LogP contribution < -0.4 is 9.47 Å². The molecule has 1 fully saturated rings. The molecular weight excluding hydrogens is 406 g/mol. The van der Waals surface area contributed by atoms with Crippen LogP contribution in [0.15, 0.2) is 53.1 Å². The van der Waals surface area contributed by atoms with Gasteiger partial charge in [-0.1, -0.05) is 36.7 Å². The van der Waals surface area contributed by atoms with Crippen LogP contribution >= 0.6 is 0 Å². The van der Waals surface area contributed by atoms with E-state index in [4.69, 9.17) is 14.0 Å². The Morgan fingerprint density at radius 2 is 1.91 bits per heavy atom. The van der Waals surface area contributed by atoms with E-state index in [1.165, 1.54) is 0 Å². The van der Waals surface area contributed by atoms with Crippen LogP contribution in [0.4, 0.5) is 0 Å². The lowest BCUT2D eigenvalue weighted by atomic mass is 10.1. The number of carbonyl (C=O) groups is 1. The molecule has 2 aromatic carbocycles. The van der Waals surface area contributed by atoms with Gasteiger partial charge in [0.05, 0.1) is 13.2 Å². The molecule has 0 spiro atoms. The van der Waals surface area contributed by atoms with Crippen LogP contribution in [0.2, 0.25) is 0 Å². The summed E-state index contributed by atoms with van der Waals surface area (Å²) in [6, 6.07) is 15.5. The molecule has 1 aliphatic heterocycles. The number of benzene rings is 2. The molecule has 7 nitrogen and oxygen atoms in total. The van der Waals surface area contributed by atoms with Crippen LogP contribution in [-0.2, 0) is 11.3 Å². The van der Waals surface area contributed by atoms with Crippen LogP contribution in [0.25, 0.3) is 11.5 Å². The molecule has 0 saturated carbocycles. The minimum atomic E-state index is -0.0871. The molecule has 168 valence electrons. The summed E-state index contributed by atoms with van der Waals surface area (Å²) in [6.45, 7) is 6.45. The van der Waals surface area contributed by atoms with Crippen molar-refractivity contribution in [3.8, 4) is 23.0 Å². The number of likely N-dealkylation sites (tertiary alicyclic amines) is 1. The normalized spacial score (nSPS) is 15.9. The maximum atomic E-state index is 12.6. The number of hydrogen-bond acceptors (Lipinski definition) is 6. The van der Waals surface area contributed by atoms with E-state index in [9.17, 15) is 4.79 Å². The minimum absolute atomic E-state index is 0.0845. The molecule has 7 heteroatoms. The molecule has 1 aromatic heterocycles. The number of carbonyl (C=O) groups excluding carboxylic acids is 1. The van der Waals surface area contributed by atoms with Crippen LogP contribution in [0.1, 0.15) is 50.4 Å². The van der Waals surface area contributed by atoms with Crippen molar-refractivity contribution in [3.05, 3.63) is 59.9 Å². The lowest BCUT2D eigenvalue weighted by Gasteiger charge is -2.18. The molecule has 0 bridgehead atoms. The monoisotopic (exact) mass is 435 g/mol. The Bertz CT molecular complexity index is 1030. The first kappa shape index (κ1) is 21.9. The van der Waals surface area contributed by atoms with Crippen LogP contribution in [0.5, 0.6) is 11.5 Å². The first-order valence-electron chi connectivity index (χ1n) is 11.2. The first-order valence-corrected chi connectivity index (χ1v) is 11.2. The zero-order chi connectivity index (χ0) is 22.3. The van der Waals surface area contributed by atoms with Crippen molar-refractivity contribution in [3.63, 3.8) is 0 Å². The van der Waals surface area contributed by atoms with Crippen molar-refractivity contribution < 1.29 is 18.8 Å². The second-order valence-electron chi connectivity index (χ2n) is 7.90. The zero-order valence-electron chi connectivity index (χ0n) is 18.6. The number of hydrogen-bond donors (Lipinski definition) is 0. The molecule has 0 aliphatic carbocycles. The summed E-state index contributed by atoms with van der Waals surface area (Å²) in [5, 5.41) is 4.16. The van der Waals surface area contributed by atoms with Crippen molar-refractivity contribution in [2.24, 2.45) is 0 Å². The number of nitrogens with zero attached hydrogens (tertiary/aromatic N) is 3. The molecule has 0 N–H and O–H groups in total. The van der Waals surface area contributed by atoms with Gasteiger partial charge in [0.2, 0.25) is 5.91 Å². The highest BCUT2D eigenvalue weighted by atomic mass is 16.5. The number of para-hydroxylation sites is 1. The van der Waals surface area contributed by atoms with Gasteiger partial charge in [-0.15, -0.1) is 0 Å². The Labute approximate surface area is 188 Å². The fourth-order valence-electron chi connectivity index (χ4n) is 3.78. The van der Waals surface area contributed by atoms with Gasteiger partial charge in [-0.25, -0.2) is 0 Å². The van der Waals surface area contributed by atoms with Crippen molar-refractivity contribution in [1.82, 2.24) is 15.0 Å². The van der Waals surface area contributed by atoms with Gasteiger partial charge < -0.3 is 18.9 Å². The number of ether oxygens (including phenoxy) is 2. The van der Waals surface area contributed by atoms with E-state index < -0.39 is 0 Å². The maximum Gasteiger partial charge on any atom is 0.257 e. The van der Waals surface area contributed by atoms with Gasteiger partial charge in [0, 0.05) is 36.6 Å². The Kier molecular flexibility index (Phi) is 7.04. The van der Waals surface area contributed by atoms with E-state index in [1.807, 2.05) is 60.4 Å². The quantitative estimate of drug-likeness (QED) is 0.425. The molecule has 4 rings (SSSR count). The van der Waals surface area contributed by atoms with Crippen LogP contribution in [-0.4, -0.2) is 40.7 Å². The second kappa shape index (κ2) is 10.3. The maximum absolute atomic E-state index is 12.6. The summed E-state index contributed by atoms with van der Waals surface area (Å²) in [5.41, 5.74) is 1.83. The molecule has 32 heavy (non-hydrogen) atoms. The number of unbranched alkanes of at least 4 members (excludes halogenated alkanes) is 1. The molecule has 1 amide bonds. The Balaban J connectivity index is 1.40. The van der Waals surface area contributed by atoms with E-state index >= 15 is 0 Å². The van der Waals surface area contributed by atoms with Crippen LogP contribution in [0.3, 0.4) is 0 Å². The SMILES string of the molecule is CCCCOc1ccc(-c2nc(C3CC(=O)N(Cc4ccccc4OCC)C3)no2)cc1. The average molecular weight is 436 g/mol. The lowest BCUT2D eigenvalue weighted by molar-refractivity contribution is -0.128. The third-order valence-electron chi connectivity index (χ3n) is 5.52. The van der Waals surface area contributed by atoms with E-state index in [1.54, 1.807) is 0 Å². The summed E-state index contributed by atoms with van der Waals surface area (Å²) in [7, 11) is 0. The summed E-state index contributed by atoms with van der Waals surface area (Å²) < 4.78 is 16.9. The van der Waals surface area contributed by atoms with Crippen molar-refractivity contribution >= 4 is 5.91 Å². The van der Waals surface area contributed by atoms with Gasteiger partial charge >= 0.3 is 0 Å². The highest BCUT2D eigenvalue weighted by Crippen LogP contribution is 2.31. The molecule has 3 aromatic rings. The first-order chi connectivity index (χ1) is 15.7. The average Bonchev–Trinajstić information content (AvgIpc) is 3.43. The number of amides is 1. The Hall–Kier alpha value is -3.35. The van der Waals surface area contributed by atoms with E-state index in [-0.39, 0.29) is 11.8 Å². The fraction of sp³-hybridized carbons (Fsp3) is 0.400. The number of aromatic nitrogens is 2. The van der Waals surface area contributed by atoms with Gasteiger partial charge in [0.15, 0.2) is 5.82 Å². The summed E-state index contributed by atoms with van der Waals surface area (Å²) in [6.07, 6.45) is 2.51. The molecular formula is C25H29N3O4. The highest BCUT2D eigenvalue weighted by molar-refractivity contribution is 5.79. The molecule has 2 heterocycles. The second-order valence-corrected chi connectivity index (χ2v) is 7.90. The van der Waals surface area contributed by atoms with Gasteiger partial charge in [0.25, 0.3) is 5.89 Å². The predicted molar refractivity (Wildman–Crippen MR) is 121 cm³/mol. The third-order valence-corrected chi connectivity index (χ3v) is 5.52. The minimum Gasteiger partial charge on any atom is -0.494 e. The standard InChI is InChI=1S/C25H29N3O4/c1-3-5-14-31-21-12-10-18(11-13-21)25-26-24(27-32-25)20-15-23(29)28(17-20)16-19-8-6-7-9-22(19)30-4-2/h6-13,20H,3-5,14-17H2,1-2H3. The molecule has 0 radical (unpaired) electrons.